The van der Waals surface area contributed by atoms with Crippen LogP contribution in [0.4, 0.5) is 13.2 Å². The number of fused-ring (bicyclic) bond motifs is 1. The van der Waals surface area contributed by atoms with Crippen LogP contribution < -0.4 is 0 Å². The lowest BCUT2D eigenvalue weighted by Crippen LogP contribution is -2.39. The fourth-order valence-electron chi connectivity index (χ4n) is 4.56. The van der Waals surface area contributed by atoms with Gasteiger partial charge in [-0.2, -0.15) is 18.3 Å². The zero-order chi connectivity index (χ0) is 24.6. The number of hydrogen-bond donors (Lipinski definition) is 0. The van der Waals surface area contributed by atoms with E-state index < -0.39 is 11.9 Å². The first-order valence-corrected chi connectivity index (χ1v) is 12.5. The topological polar surface area (TPSA) is 50.5 Å². The van der Waals surface area contributed by atoms with Crippen LogP contribution in [0.1, 0.15) is 46.4 Å². The molecule has 5 nitrogen and oxygen atoms in total. The number of aromatic nitrogens is 3. The molecule has 0 saturated carbocycles. The molecule has 0 radical (unpaired) electrons. The maximum absolute atomic E-state index is 13.9. The van der Waals surface area contributed by atoms with Crippen LogP contribution in [-0.2, 0) is 19.0 Å². The third-order valence-corrected chi connectivity index (χ3v) is 7.72. The predicted octanol–water partition coefficient (Wildman–Crippen LogP) is 6.13. The molecule has 1 aliphatic heterocycles. The summed E-state index contributed by atoms with van der Waals surface area (Å²) in [6.07, 6.45) is -1.18. The molecule has 0 atom stereocenters. The first kappa shape index (κ1) is 23.5. The van der Waals surface area contributed by atoms with Gasteiger partial charge in [-0.05, 0) is 55.4 Å². The Kier molecular flexibility index (Phi) is 6.35. The van der Waals surface area contributed by atoms with Crippen molar-refractivity contribution >= 4 is 22.9 Å². The molecule has 1 aliphatic rings. The third kappa shape index (κ3) is 4.96. The highest BCUT2D eigenvalue weighted by atomic mass is 32.1. The van der Waals surface area contributed by atoms with Gasteiger partial charge in [0.25, 0.3) is 5.91 Å². The minimum Gasteiger partial charge on any atom is -0.337 e. The molecule has 0 unspecified atom stereocenters. The molecule has 0 bridgehead atoms. The number of hydrogen-bond acceptors (Lipinski definition) is 4. The molecule has 0 spiro atoms. The molecule has 5 rings (SSSR count). The monoisotopic (exact) mass is 498 g/mol. The Labute approximate surface area is 205 Å². The van der Waals surface area contributed by atoms with Gasteiger partial charge in [-0.1, -0.05) is 37.3 Å². The van der Waals surface area contributed by atoms with Gasteiger partial charge in [0.05, 0.1) is 10.6 Å². The van der Waals surface area contributed by atoms with Gasteiger partial charge in [0.15, 0.2) is 17.0 Å². The number of aryl methyl sites for hydroxylation is 1. The molecule has 3 aromatic heterocycles. The molecule has 182 valence electrons. The second kappa shape index (κ2) is 9.45. The SMILES string of the molecule is CCc1ccc(-c2cc(C(F)(F)F)n3nc(C(=O)N4CCC(Cc5ccccc5)CC4)cc3n2)s1. The maximum atomic E-state index is 13.9. The number of likely N-dealkylation sites (tertiary alicyclic amines) is 1. The molecular weight excluding hydrogens is 473 g/mol. The third-order valence-electron chi connectivity index (χ3n) is 6.47. The first-order valence-electron chi connectivity index (χ1n) is 11.7. The number of halogens is 3. The number of carbonyl (C=O) groups is 1. The Morgan fingerprint density at radius 2 is 1.83 bits per heavy atom. The van der Waals surface area contributed by atoms with Gasteiger partial charge >= 0.3 is 6.18 Å². The highest BCUT2D eigenvalue weighted by Gasteiger charge is 2.36. The summed E-state index contributed by atoms with van der Waals surface area (Å²) in [5, 5.41) is 4.04. The molecule has 4 heterocycles. The lowest BCUT2D eigenvalue weighted by Gasteiger charge is -2.31. The number of carbonyl (C=O) groups excluding carboxylic acids is 1. The summed E-state index contributed by atoms with van der Waals surface area (Å²) in [6.45, 7) is 3.11. The number of amides is 1. The zero-order valence-corrected chi connectivity index (χ0v) is 20.1. The van der Waals surface area contributed by atoms with Gasteiger partial charge in [-0.3, -0.25) is 4.79 Å². The molecule has 0 aliphatic carbocycles. The van der Waals surface area contributed by atoms with Gasteiger partial charge in [0.2, 0.25) is 0 Å². The van der Waals surface area contributed by atoms with Crippen LogP contribution in [0.5, 0.6) is 0 Å². The minimum absolute atomic E-state index is 0.0120. The van der Waals surface area contributed by atoms with E-state index in [1.165, 1.54) is 23.0 Å². The summed E-state index contributed by atoms with van der Waals surface area (Å²) in [6, 6.07) is 16.3. The first-order chi connectivity index (χ1) is 16.8. The van der Waals surface area contributed by atoms with Crippen molar-refractivity contribution in [3.8, 4) is 10.6 Å². The fraction of sp³-hybridized carbons (Fsp3) is 0.346. The van der Waals surface area contributed by atoms with Crippen LogP contribution in [-0.4, -0.2) is 38.5 Å². The van der Waals surface area contributed by atoms with Crippen LogP contribution in [0, 0.1) is 5.92 Å². The van der Waals surface area contributed by atoms with E-state index in [1.54, 1.807) is 11.0 Å². The van der Waals surface area contributed by atoms with Crippen molar-refractivity contribution in [1.82, 2.24) is 19.5 Å². The summed E-state index contributed by atoms with van der Waals surface area (Å²) in [7, 11) is 0. The van der Waals surface area contributed by atoms with Crippen molar-refractivity contribution < 1.29 is 18.0 Å². The number of nitrogens with zero attached hydrogens (tertiary/aromatic N) is 4. The quantitative estimate of drug-likeness (QED) is 0.332. The minimum atomic E-state index is -4.64. The van der Waals surface area contributed by atoms with Crippen molar-refractivity contribution in [3.05, 3.63) is 76.4 Å². The Bertz CT molecular complexity index is 1340. The van der Waals surface area contributed by atoms with E-state index in [-0.39, 0.29) is 22.9 Å². The second-order valence-corrected chi connectivity index (χ2v) is 10.0. The summed E-state index contributed by atoms with van der Waals surface area (Å²) in [4.78, 5) is 21.0. The van der Waals surface area contributed by atoms with Crippen molar-refractivity contribution in [2.24, 2.45) is 5.92 Å². The second-order valence-electron chi connectivity index (χ2n) is 8.87. The van der Waals surface area contributed by atoms with Crippen molar-refractivity contribution in [1.29, 1.82) is 0 Å². The molecule has 9 heteroatoms. The molecule has 4 aromatic rings. The summed E-state index contributed by atoms with van der Waals surface area (Å²) >= 11 is 1.42. The van der Waals surface area contributed by atoms with Gasteiger partial charge in [0, 0.05) is 24.0 Å². The number of piperidine rings is 1. The van der Waals surface area contributed by atoms with Crippen molar-refractivity contribution in [3.63, 3.8) is 0 Å². The summed E-state index contributed by atoms with van der Waals surface area (Å²) in [5.74, 6) is 0.120. The van der Waals surface area contributed by atoms with E-state index in [0.29, 0.717) is 23.9 Å². The molecule has 0 N–H and O–H groups in total. The molecule has 1 saturated heterocycles. The van der Waals surface area contributed by atoms with E-state index >= 15 is 0 Å². The van der Waals surface area contributed by atoms with Gasteiger partial charge in [-0.15, -0.1) is 11.3 Å². The Hall–Kier alpha value is -3.20. The Balaban J connectivity index is 1.38. The van der Waals surface area contributed by atoms with Gasteiger partial charge in [-0.25, -0.2) is 9.50 Å². The molecule has 1 aromatic carbocycles. The average Bonchev–Trinajstić information content (AvgIpc) is 3.50. The highest BCUT2D eigenvalue weighted by Crippen LogP contribution is 2.34. The van der Waals surface area contributed by atoms with Crippen LogP contribution in [0.15, 0.2) is 54.6 Å². The van der Waals surface area contributed by atoms with E-state index in [4.69, 9.17) is 0 Å². The van der Waals surface area contributed by atoms with Crippen LogP contribution in [0.3, 0.4) is 0 Å². The maximum Gasteiger partial charge on any atom is 0.433 e. The number of thiophene rings is 1. The number of benzene rings is 1. The summed E-state index contributed by atoms with van der Waals surface area (Å²) in [5.41, 5.74) is 0.571. The van der Waals surface area contributed by atoms with Gasteiger partial charge in [0.1, 0.15) is 0 Å². The summed E-state index contributed by atoms with van der Waals surface area (Å²) < 4.78 is 42.4. The number of rotatable bonds is 5. The van der Waals surface area contributed by atoms with E-state index in [1.807, 2.05) is 31.2 Å². The largest absolute Gasteiger partial charge is 0.433 e. The fourth-order valence-corrected chi connectivity index (χ4v) is 5.47. The normalized spacial score (nSPS) is 15.1. The smallest absolute Gasteiger partial charge is 0.337 e. The van der Waals surface area contributed by atoms with E-state index in [0.717, 1.165) is 41.1 Å². The predicted molar refractivity (Wildman–Crippen MR) is 129 cm³/mol. The van der Waals surface area contributed by atoms with Crippen LogP contribution in [0.2, 0.25) is 0 Å². The van der Waals surface area contributed by atoms with Crippen LogP contribution >= 0.6 is 11.3 Å². The highest BCUT2D eigenvalue weighted by molar-refractivity contribution is 7.15. The Morgan fingerprint density at radius 3 is 2.49 bits per heavy atom. The molecule has 1 amide bonds. The van der Waals surface area contributed by atoms with E-state index in [2.05, 4.69) is 22.2 Å². The van der Waals surface area contributed by atoms with Crippen molar-refractivity contribution in [2.45, 2.75) is 38.8 Å². The van der Waals surface area contributed by atoms with Crippen LogP contribution in [0.25, 0.3) is 16.2 Å². The van der Waals surface area contributed by atoms with E-state index in [9.17, 15) is 18.0 Å². The lowest BCUT2D eigenvalue weighted by molar-refractivity contribution is -0.142. The average molecular weight is 499 g/mol. The number of alkyl halides is 3. The zero-order valence-electron chi connectivity index (χ0n) is 19.3. The molecule has 1 fully saturated rings. The standard InChI is InChI=1S/C26H25F3N4OS/c1-2-19-8-9-22(35-19)20-15-23(26(27,28)29)33-24(30-20)16-21(31-33)25(34)32-12-10-18(11-13-32)14-17-6-4-3-5-7-17/h3-9,15-16,18H,2,10-14H2,1H3. The van der Waals surface area contributed by atoms with Gasteiger partial charge < -0.3 is 4.90 Å². The Morgan fingerprint density at radius 1 is 1.09 bits per heavy atom. The lowest BCUT2D eigenvalue weighted by atomic mass is 9.90. The van der Waals surface area contributed by atoms with Crippen molar-refractivity contribution in [2.75, 3.05) is 13.1 Å². The molecular formula is C26H25F3N4OS. The molecule has 35 heavy (non-hydrogen) atoms.